The minimum atomic E-state index is 0.615. The summed E-state index contributed by atoms with van der Waals surface area (Å²) in [7, 11) is 7.59. The predicted octanol–water partition coefficient (Wildman–Crippen LogP) is 0.425. The summed E-state index contributed by atoms with van der Waals surface area (Å²) < 4.78 is 8.42. The van der Waals surface area contributed by atoms with Gasteiger partial charge in [-0.25, -0.2) is 9.48 Å². The third kappa shape index (κ3) is 3.30. The van der Waals surface area contributed by atoms with E-state index in [1.54, 1.807) is 18.3 Å². The van der Waals surface area contributed by atoms with Gasteiger partial charge in [0.1, 0.15) is 0 Å². The molecule has 88 valence electrons. The second-order valence-corrected chi connectivity index (χ2v) is 4.37. The minimum absolute atomic E-state index is 0.615. The Balaban J connectivity index is 2.71. The summed E-state index contributed by atoms with van der Waals surface area (Å²) in [5.74, 6) is 0. The van der Waals surface area contributed by atoms with Crippen LogP contribution >= 0.6 is 12.0 Å². The largest absolute Gasteiger partial charge is 0.458 e. The fourth-order valence-corrected chi connectivity index (χ4v) is 1.84. The van der Waals surface area contributed by atoms with E-state index in [1.165, 1.54) is 0 Å². The van der Waals surface area contributed by atoms with Crippen LogP contribution in [-0.2, 0) is 4.18 Å². The molecule has 0 fully saturated rings. The van der Waals surface area contributed by atoms with Crippen molar-refractivity contribution >= 4 is 18.1 Å². The third-order valence-electron chi connectivity index (χ3n) is 1.77. The lowest BCUT2D eigenvalue weighted by atomic mass is 10.5. The van der Waals surface area contributed by atoms with Crippen LogP contribution in [0.15, 0.2) is 29.4 Å². The molecular formula is C10H17N3O2S+2. The molecule has 5 nitrogen and oxygen atoms in total. The molecule has 0 aliphatic carbocycles. The highest BCUT2D eigenvalue weighted by Crippen LogP contribution is 2.14. The monoisotopic (exact) mass is 243 g/mol. The molecule has 0 saturated heterocycles. The van der Waals surface area contributed by atoms with Gasteiger partial charge < -0.3 is 4.18 Å². The van der Waals surface area contributed by atoms with Crippen LogP contribution in [0.3, 0.4) is 0 Å². The zero-order valence-electron chi connectivity index (χ0n) is 9.91. The molecular weight excluding hydrogens is 226 g/mol. The quantitative estimate of drug-likeness (QED) is 0.269. The Morgan fingerprint density at radius 1 is 1.44 bits per heavy atom. The molecule has 0 atom stereocenters. The molecule has 0 aromatic carbocycles. The van der Waals surface area contributed by atoms with Gasteiger partial charge in [-0.2, -0.15) is 0 Å². The first-order valence-electron chi connectivity index (χ1n) is 4.78. The van der Waals surface area contributed by atoms with E-state index in [0.29, 0.717) is 11.0 Å². The Labute approximate surface area is 99.7 Å². The highest BCUT2D eigenvalue weighted by Gasteiger charge is 2.19. The number of hydrogen-bond donors (Lipinski definition) is 1. The second kappa shape index (κ2) is 5.60. The molecule has 1 aromatic rings. The van der Waals surface area contributed by atoms with Crippen molar-refractivity contribution in [2.24, 2.45) is 0 Å². The second-order valence-electron chi connectivity index (χ2n) is 3.62. The van der Waals surface area contributed by atoms with E-state index < -0.39 is 0 Å². The van der Waals surface area contributed by atoms with E-state index in [-0.39, 0.29) is 0 Å². The number of hydrogen-bond acceptors (Lipinski definition) is 3. The molecule has 0 aliphatic heterocycles. The Kier molecular flexibility index (Phi) is 4.42. The van der Waals surface area contributed by atoms with Gasteiger partial charge in [-0.3, -0.25) is 5.21 Å². The van der Waals surface area contributed by atoms with Gasteiger partial charge >= 0.3 is 11.0 Å². The highest BCUT2D eigenvalue weighted by atomic mass is 32.2. The number of pyridine rings is 1. The van der Waals surface area contributed by atoms with Crippen molar-refractivity contribution in [2.45, 2.75) is 5.03 Å². The van der Waals surface area contributed by atoms with E-state index in [9.17, 15) is 5.21 Å². The Morgan fingerprint density at radius 2 is 2.12 bits per heavy atom. The summed E-state index contributed by atoms with van der Waals surface area (Å²) in [5, 5.41) is 10.1. The van der Waals surface area contributed by atoms with Crippen molar-refractivity contribution in [3.8, 4) is 0 Å². The predicted molar refractivity (Wildman–Crippen MR) is 61.6 cm³/mol. The molecule has 6 heteroatoms. The van der Waals surface area contributed by atoms with Crippen LogP contribution in [0.4, 0.5) is 0 Å². The van der Waals surface area contributed by atoms with Crippen molar-refractivity contribution in [3.63, 3.8) is 0 Å². The van der Waals surface area contributed by atoms with E-state index in [0.717, 1.165) is 16.8 Å². The average molecular weight is 243 g/mol. The van der Waals surface area contributed by atoms with Gasteiger partial charge in [0.25, 0.3) is 0 Å². The molecule has 16 heavy (non-hydrogen) atoms. The fourth-order valence-electron chi connectivity index (χ4n) is 1.11. The standard InChI is InChI=1S/C10H17N3O2S/c1-11(2)10(12(3)4)15-16-9-7-5-6-8-13(9)14/h5-8,14H,1-4H3/q+2. The molecule has 0 spiro atoms. The molecule has 0 bridgehead atoms. The van der Waals surface area contributed by atoms with Gasteiger partial charge in [-0.1, -0.05) is 0 Å². The van der Waals surface area contributed by atoms with Crippen LogP contribution in [0.5, 0.6) is 0 Å². The Bertz CT molecular complexity index is 389. The Morgan fingerprint density at radius 3 is 2.62 bits per heavy atom. The van der Waals surface area contributed by atoms with Gasteiger partial charge in [0.2, 0.25) is 6.20 Å². The van der Waals surface area contributed by atoms with Gasteiger partial charge in [0, 0.05) is 16.9 Å². The van der Waals surface area contributed by atoms with Gasteiger partial charge in [-0.05, 0) is 6.07 Å². The zero-order chi connectivity index (χ0) is 12.1. The first-order chi connectivity index (χ1) is 7.52. The van der Waals surface area contributed by atoms with E-state index in [1.807, 2.05) is 43.7 Å². The molecule has 0 aliphatic rings. The van der Waals surface area contributed by atoms with Crippen molar-refractivity contribution in [1.29, 1.82) is 0 Å². The molecule has 0 radical (unpaired) electrons. The number of nitrogens with zero attached hydrogens (tertiary/aromatic N) is 3. The molecule has 1 rings (SSSR count). The van der Waals surface area contributed by atoms with Crippen molar-refractivity contribution in [1.82, 2.24) is 4.90 Å². The van der Waals surface area contributed by atoms with Gasteiger partial charge in [-0.15, -0.1) is 0 Å². The van der Waals surface area contributed by atoms with Crippen molar-refractivity contribution < 1.29 is 18.7 Å². The Hall–Kier alpha value is -1.43. The van der Waals surface area contributed by atoms with E-state index >= 15 is 0 Å². The maximum atomic E-state index is 9.48. The van der Waals surface area contributed by atoms with E-state index in [4.69, 9.17) is 4.18 Å². The molecule has 1 N–H and O–H groups in total. The lowest BCUT2D eigenvalue weighted by molar-refractivity contribution is -0.932. The number of amidine groups is 1. The normalized spacial score (nSPS) is 9.75. The lowest BCUT2D eigenvalue weighted by Gasteiger charge is -2.08. The zero-order valence-corrected chi connectivity index (χ0v) is 10.7. The average Bonchev–Trinajstić information content (AvgIpc) is 2.20. The highest BCUT2D eigenvalue weighted by molar-refractivity contribution is 7.94. The first kappa shape index (κ1) is 12.6. The molecule has 0 saturated carbocycles. The van der Waals surface area contributed by atoms with E-state index in [2.05, 4.69) is 0 Å². The number of aromatic nitrogens is 1. The van der Waals surface area contributed by atoms with Crippen LogP contribution in [0.25, 0.3) is 0 Å². The third-order valence-corrected chi connectivity index (χ3v) is 2.50. The van der Waals surface area contributed by atoms with Gasteiger partial charge in [0.15, 0.2) is 12.0 Å². The summed E-state index contributed by atoms with van der Waals surface area (Å²) in [6.07, 6.45) is 1.55. The molecule has 1 aromatic heterocycles. The van der Waals surface area contributed by atoms with Crippen molar-refractivity contribution in [2.75, 3.05) is 28.2 Å². The topological polar surface area (TPSA) is 39.6 Å². The number of rotatable bonds is 2. The SMILES string of the molecule is CN(C)C(OSc1cccc[n+]1O)=[N+](C)C. The van der Waals surface area contributed by atoms with Crippen LogP contribution in [0.1, 0.15) is 0 Å². The summed E-state index contributed by atoms with van der Waals surface area (Å²) in [5.41, 5.74) is 0. The smallest absolute Gasteiger partial charge is 0.345 e. The summed E-state index contributed by atoms with van der Waals surface area (Å²) >= 11 is 1.10. The van der Waals surface area contributed by atoms with Gasteiger partial charge in [0.05, 0.1) is 28.2 Å². The van der Waals surface area contributed by atoms with Crippen LogP contribution in [-0.4, -0.2) is 48.9 Å². The summed E-state index contributed by atoms with van der Waals surface area (Å²) in [6.45, 7) is 0. The maximum Gasteiger partial charge on any atom is 0.458 e. The maximum absolute atomic E-state index is 9.48. The minimum Gasteiger partial charge on any atom is -0.345 e. The summed E-state index contributed by atoms with van der Waals surface area (Å²) in [4.78, 5) is 1.86. The van der Waals surface area contributed by atoms with Crippen molar-refractivity contribution in [3.05, 3.63) is 24.4 Å². The van der Waals surface area contributed by atoms with Crippen LogP contribution < -0.4 is 4.73 Å². The first-order valence-corrected chi connectivity index (χ1v) is 5.52. The van der Waals surface area contributed by atoms with Crippen LogP contribution in [0.2, 0.25) is 0 Å². The fraction of sp³-hybridized carbons (Fsp3) is 0.400. The van der Waals surface area contributed by atoms with Crippen LogP contribution in [0, 0.1) is 0 Å². The molecule has 0 unspecified atom stereocenters. The lowest BCUT2D eigenvalue weighted by Crippen LogP contribution is -2.34. The molecule has 0 amide bonds. The molecule has 1 heterocycles. The summed E-state index contributed by atoms with van der Waals surface area (Å²) in [6, 6.07) is 6.05.